The van der Waals surface area contributed by atoms with Crippen LogP contribution in [0.25, 0.3) is 0 Å². The standard InChI is InChI=1S/C14H16N2O4/c1-15-12(17)9-4-2-8(3-5-9)7-16-13(18)10-6-11(10)14(19)20/h2-5,10-11H,6-7H2,1H3,(H,15,17)(H,16,18)(H,19,20). The molecule has 1 aromatic rings. The van der Waals surface area contributed by atoms with Crippen LogP contribution in [0.5, 0.6) is 0 Å². The van der Waals surface area contributed by atoms with Crippen molar-refractivity contribution in [2.45, 2.75) is 13.0 Å². The molecule has 0 saturated heterocycles. The summed E-state index contributed by atoms with van der Waals surface area (Å²) in [6.45, 7) is 0.329. The predicted octanol–water partition coefficient (Wildman–Crippen LogP) is 0.383. The van der Waals surface area contributed by atoms with E-state index < -0.39 is 17.8 Å². The summed E-state index contributed by atoms with van der Waals surface area (Å²) in [6, 6.07) is 6.87. The van der Waals surface area contributed by atoms with Gasteiger partial charge in [0.25, 0.3) is 5.91 Å². The number of carboxylic acid groups (broad SMARTS) is 1. The fraction of sp³-hybridized carbons (Fsp3) is 0.357. The van der Waals surface area contributed by atoms with Gasteiger partial charge >= 0.3 is 5.97 Å². The summed E-state index contributed by atoms with van der Waals surface area (Å²) in [7, 11) is 1.56. The Kier molecular flexibility index (Phi) is 4.02. The molecule has 1 saturated carbocycles. The fourth-order valence-corrected chi connectivity index (χ4v) is 2.00. The van der Waals surface area contributed by atoms with Gasteiger partial charge in [0, 0.05) is 19.2 Å². The van der Waals surface area contributed by atoms with Crippen molar-refractivity contribution in [1.82, 2.24) is 10.6 Å². The molecule has 1 aromatic carbocycles. The van der Waals surface area contributed by atoms with E-state index in [1.54, 1.807) is 31.3 Å². The third-order valence-electron chi connectivity index (χ3n) is 3.35. The minimum absolute atomic E-state index is 0.164. The Morgan fingerprint density at radius 3 is 2.35 bits per heavy atom. The van der Waals surface area contributed by atoms with Gasteiger partial charge in [-0.05, 0) is 24.1 Å². The third-order valence-corrected chi connectivity index (χ3v) is 3.35. The summed E-state index contributed by atoms with van der Waals surface area (Å²) >= 11 is 0. The summed E-state index contributed by atoms with van der Waals surface area (Å²) in [6.07, 6.45) is 0.413. The van der Waals surface area contributed by atoms with Crippen molar-refractivity contribution >= 4 is 17.8 Å². The first-order valence-electron chi connectivity index (χ1n) is 6.34. The highest BCUT2D eigenvalue weighted by molar-refractivity contribution is 5.94. The van der Waals surface area contributed by atoms with Gasteiger partial charge in [0.15, 0.2) is 0 Å². The van der Waals surface area contributed by atoms with E-state index in [0.717, 1.165) is 5.56 Å². The largest absolute Gasteiger partial charge is 0.481 e. The van der Waals surface area contributed by atoms with Gasteiger partial charge in [0.1, 0.15) is 0 Å². The summed E-state index contributed by atoms with van der Waals surface area (Å²) in [4.78, 5) is 33.7. The Hall–Kier alpha value is -2.37. The van der Waals surface area contributed by atoms with E-state index in [4.69, 9.17) is 5.11 Å². The zero-order valence-corrected chi connectivity index (χ0v) is 11.1. The lowest BCUT2D eigenvalue weighted by atomic mass is 10.1. The van der Waals surface area contributed by atoms with E-state index >= 15 is 0 Å². The second-order valence-corrected chi connectivity index (χ2v) is 4.78. The van der Waals surface area contributed by atoms with Gasteiger partial charge in [-0.25, -0.2) is 0 Å². The van der Waals surface area contributed by atoms with Crippen molar-refractivity contribution in [3.8, 4) is 0 Å². The zero-order chi connectivity index (χ0) is 14.7. The molecule has 2 rings (SSSR count). The van der Waals surface area contributed by atoms with E-state index in [2.05, 4.69) is 10.6 Å². The molecule has 6 heteroatoms. The lowest BCUT2D eigenvalue weighted by Gasteiger charge is -2.06. The SMILES string of the molecule is CNC(=O)c1ccc(CNC(=O)C2CC2C(=O)O)cc1. The van der Waals surface area contributed by atoms with E-state index in [1.165, 1.54) is 0 Å². The predicted molar refractivity (Wildman–Crippen MR) is 70.9 cm³/mol. The van der Waals surface area contributed by atoms with Gasteiger partial charge in [-0.15, -0.1) is 0 Å². The summed E-state index contributed by atoms with van der Waals surface area (Å²) in [5.74, 6) is -2.25. The normalized spacial score (nSPS) is 20.1. The second-order valence-electron chi connectivity index (χ2n) is 4.78. The van der Waals surface area contributed by atoms with E-state index in [1.807, 2.05) is 0 Å². The summed E-state index contributed by atoms with van der Waals surface area (Å²) in [5, 5.41) is 14.0. The van der Waals surface area contributed by atoms with Crippen molar-refractivity contribution in [3.63, 3.8) is 0 Å². The first-order valence-corrected chi connectivity index (χ1v) is 6.34. The second kappa shape index (κ2) is 5.73. The Bertz CT molecular complexity index is 539. The molecule has 1 aliphatic carbocycles. The number of carbonyl (C=O) groups is 3. The highest BCUT2D eigenvalue weighted by Gasteiger charge is 2.48. The van der Waals surface area contributed by atoms with Crippen LogP contribution < -0.4 is 10.6 Å². The molecule has 1 aliphatic rings. The van der Waals surface area contributed by atoms with Crippen molar-refractivity contribution in [2.75, 3.05) is 7.05 Å². The number of hydrogen-bond donors (Lipinski definition) is 3. The monoisotopic (exact) mass is 276 g/mol. The van der Waals surface area contributed by atoms with Crippen molar-refractivity contribution in [1.29, 1.82) is 0 Å². The molecule has 0 spiro atoms. The summed E-state index contributed by atoms with van der Waals surface area (Å²) in [5.41, 5.74) is 1.41. The fourth-order valence-electron chi connectivity index (χ4n) is 2.00. The van der Waals surface area contributed by atoms with E-state index in [9.17, 15) is 14.4 Å². The number of aliphatic carboxylic acids is 1. The molecule has 106 valence electrons. The van der Waals surface area contributed by atoms with Crippen molar-refractivity contribution in [3.05, 3.63) is 35.4 Å². The highest BCUT2D eigenvalue weighted by Crippen LogP contribution is 2.38. The first-order chi connectivity index (χ1) is 9.52. The molecule has 3 N–H and O–H groups in total. The van der Waals surface area contributed by atoms with Crippen molar-refractivity contribution < 1.29 is 19.5 Å². The van der Waals surface area contributed by atoms with Gasteiger partial charge in [-0.2, -0.15) is 0 Å². The van der Waals surface area contributed by atoms with Crippen LogP contribution in [0.4, 0.5) is 0 Å². The van der Waals surface area contributed by atoms with Crippen LogP contribution in [0.3, 0.4) is 0 Å². The van der Waals surface area contributed by atoms with E-state index in [-0.39, 0.29) is 11.8 Å². The molecule has 2 amide bonds. The van der Waals surface area contributed by atoms with Crippen LogP contribution in [0, 0.1) is 11.8 Å². The molecular weight excluding hydrogens is 260 g/mol. The Morgan fingerprint density at radius 2 is 1.85 bits per heavy atom. The molecule has 0 bridgehead atoms. The lowest BCUT2D eigenvalue weighted by Crippen LogP contribution is -2.26. The van der Waals surface area contributed by atoms with Gasteiger partial charge in [0.05, 0.1) is 11.8 Å². The number of hydrogen-bond acceptors (Lipinski definition) is 3. The molecule has 1 fully saturated rings. The van der Waals surface area contributed by atoms with Crippen LogP contribution in [0.2, 0.25) is 0 Å². The van der Waals surface area contributed by atoms with Crippen LogP contribution >= 0.6 is 0 Å². The number of carboxylic acids is 1. The van der Waals surface area contributed by atoms with Crippen LogP contribution in [0.1, 0.15) is 22.3 Å². The van der Waals surface area contributed by atoms with E-state index in [0.29, 0.717) is 18.5 Å². The van der Waals surface area contributed by atoms with Crippen LogP contribution in [0.15, 0.2) is 24.3 Å². The number of rotatable bonds is 5. The topological polar surface area (TPSA) is 95.5 Å². The molecule has 0 aromatic heterocycles. The number of nitrogens with one attached hydrogen (secondary N) is 2. The molecule has 6 nitrogen and oxygen atoms in total. The average molecular weight is 276 g/mol. The molecular formula is C14H16N2O4. The minimum atomic E-state index is -0.917. The van der Waals surface area contributed by atoms with Gasteiger partial charge < -0.3 is 15.7 Å². The third kappa shape index (κ3) is 3.14. The van der Waals surface area contributed by atoms with Gasteiger partial charge in [0.2, 0.25) is 5.91 Å². The zero-order valence-electron chi connectivity index (χ0n) is 11.1. The molecule has 0 aliphatic heterocycles. The smallest absolute Gasteiger partial charge is 0.307 e. The Morgan fingerprint density at radius 1 is 1.20 bits per heavy atom. The van der Waals surface area contributed by atoms with Gasteiger partial charge in [-0.1, -0.05) is 12.1 Å². The maximum Gasteiger partial charge on any atom is 0.307 e. The number of carbonyl (C=O) groups excluding carboxylic acids is 2. The molecule has 0 heterocycles. The van der Waals surface area contributed by atoms with Crippen molar-refractivity contribution in [2.24, 2.45) is 11.8 Å². The maximum absolute atomic E-state index is 11.7. The summed E-state index contributed by atoms with van der Waals surface area (Å²) < 4.78 is 0. The lowest BCUT2D eigenvalue weighted by molar-refractivity contribution is -0.140. The number of amides is 2. The van der Waals surface area contributed by atoms with Crippen LogP contribution in [-0.4, -0.2) is 29.9 Å². The van der Waals surface area contributed by atoms with Crippen LogP contribution in [-0.2, 0) is 16.1 Å². The highest BCUT2D eigenvalue weighted by atomic mass is 16.4. The molecule has 2 atom stereocenters. The van der Waals surface area contributed by atoms with Gasteiger partial charge in [-0.3, -0.25) is 14.4 Å². The molecule has 0 radical (unpaired) electrons. The number of benzene rings is 1. The molecule has 2 unspecified atom stereocenters. The maximum atomic E-state index is 11.7. The Balaban J connectivity index is 1.84. The quantitative estimate of drug-likeness (QED) is 0.724. The minimum Gasteiger partial charge on any atom is -0.481 e. The molecule has 20 heavy (non-hydrogen) atoms. The Labute approximate surface area is 116 Å². The average Bonchev–Trinajstić information content (AvgIpc) is 3.25. The first kappa shape index (κ1) is 14.0.